The second-order valence-electron chi connectivity index (χ2n) is 7.23. The summed E-state index contributed by atoms with van der Waals surface area (Å²) in [5.41, 5.74) is 3.35. The Bertz CT molecular complexity index is 767. The quantitative estimate of drug-likeness (QED) is 0.885. The molecule has 6 heteroatoms. The Morgan fingerprint density at radius 2 is 2.35 bits per heavy atom. The molecule has 0 spiro atoms. The molecule has 0 bridgehead atoms. The van der Waals surface area contributed by atoms with Gasteiger partial charge in [-0.2, -0.15) is 0 Å². The number of hydrogen-bond donors (Lipinski definition) is 2. The van der Waals surface area contributed by atoms with Crippen molar-refractivity contribution in [1.29, 1.82) is 0 Å². The zero-order chi connectivity index (χ0) is 17.9. The number of aryl methyl sites for hydroxylation is 1. The van der Waals surface area contributed by atoms with E-state index in [0.29, 0.717) is 13.0 Å². The number of carbonyl (C=O) groups excluding carboxylic acids is 1. The number of hydrogen-bond acceptors (Lipinski definition) is 4. The Morgan fingerprint density at radius 1 is 1.42 bits per heavy atom. The van der Waals surface area contributed by atoms with Crippen LogP contribution in [0.4, 0.5) is 0 Å². The van der Waals surface area contributed by atoms with Crippen LogP contribution in [0.3, 0.4) is 0 Å². The van der Waals surface area contributed by atoms with Crippen LogP contribution in [0.1, 0.15) is 36.7 Å². The van der Waals surface area contributed by atoms with Crippen LogP contribution < -0.4 is 5.32 Å². The zero-order valence-electron chi connectivity index (χ0n) is 15.2. The highest BCUT2D eigenvalue weighted by Gasteiger charge is 2.33. The van der Waals surface area contributed by atoms with Crippen LogP contribution >= 0.6 is 0 Å². The maximum absolute atomic E-state index is 12.8. The first-order valence-electron chi connectivity index (χ1n) is 9.43. The van der Waals surface area contributed by atoms with Gasteiger partial charge in [-0.05, 0) is 31.4 Å². The fourth-order valence-electron chi connectivity index (χ4n) is 3.89. The predicted molar refractivity (Wildman–Crippen MR) is 99.7 cm³/mol. The third kappa shape index (κ3) is 3.66. The molecular formula is C20H26N4O2. The van der Waals surface area contributed by atoms with Crippen molar-refractivity contribution in [2.45, 2.75) is 38.3 Å². The summed E-state index contributed by atoms with van der Waals surface area (Å²) >= 11 is 0. The second-order valence-corrected chi connectivity index (χ2v) is 7.23. The number of nitrogens with zero attached hydrogens (tertiary/aromatic N) is 2. The standard InChI is InChI=1S/C20H26N4O2/c1-14-4-2-5-15(10-14)17-12-22-20(23-17)18-6-3-8-24(18)19(25)11-16-13-26-9-7-21-16/h2,4-5,10,12,16,18,21H,3,6-9,11,13H2,1H3,(H,22,23). The minimum Gasteiger partial charge on any atom is -0.378 e. The molecule has 2 aliphatic heterocycles. The van der Waals surface area contributed by atoms with Crippen LogP contribution in [0.2, 0.25) is 0 Å². The summed E-state index contributed by atoms with van der Waals surface area (Å²) in [5, 5.41) is 3.36. The highest BCUT2D eigenvalue weighted by atomic mass is 16.5. The molecule has 2 fully saturated rings. The number of aromatic nitrogens is 2. The van der Waals surface area contributed by atoms with Gasteiger partial charge in [0.2, 0.25) is 5.91 Å². The van der Waals surface area contributed by atoms with Crippen molar-refractivity contribution < 1.29 is 9.53 Å². The fraction of sp³-hybridized carbons (Fsp3) is 0.500. The number of ether oxygens (including phenoxy) is 1. The van der Waals surface area contributed by atoms with Gasteiger partial charge >= 0.3 is 0 Å². The summed E-state index contributed by atoms with van der Waals surface area (Å²) < 4.78 is 5.47. The number of carbonyl (C=O) groups is 1. The predicted octanol–water partition coefficient (Wildman–Crippen LogP) is 2.43. The van der Waals surface area contributed by atoms with Crippen molar-refractivity contribution in [2.75, 3.05) is 26.3 Å². The average Bonchev–Trinajstić information content (AvgIpc) is 3.32. The summed E-state index contributed by atoms with van der Waals surface area (Å²) in [7, 11) is 0. The molecule has 1 amide bonds. The number of likely N-dealkylation sites (tertiary alicyclic amines) is 1. The first kappa shape index (κ1) is 17.2. The molecule has 1 aromatic heterocycles. The van der Waals surface area contributed by atoms with Crippen molar-refractivity contribution in [1.82, 2.24) is 20.2 Å². The Morgan fingerprint density at radius 3 is 3.15 bits per heavy atom. The molecule has 2 aliphatic rings. The van der Waals surface area contributed by atoms with E-state index in [0.717, 1.165) is 49.6 Å². The minimum absolute atomic E-state index is 0.0468. The highest BCUT2D eigenvalue weighted by Crippen LogP contribution is 2.32. The van der Waals surface area contributed by atoms with Gasteiger partial charge in [0.25, 0.3) is 0 Å². The Balaban J connectivity index is 1.47. The van der Waals surface area contributed by atoms with Gasteiger partial charge in [0.05, 0.1) is 31.1 Å². The SMILES string of the molecule is Cc1cccc(-c2cnc(C3CCCN3C(=O)CC3COCCN3)[nH]2)c1. The molecule has 2 aromatic rings. The van der Waals surface area contributed by atoms with E-state index in [1.807, 2.05) is 11.1 Å². The normalized spacial score (nSPS) is 23.3. The lowest BCUT2D eigenvalue weighted by molar-refractivity contribution is -0.133. The summed E-state index contributed by atoms with van der Waals surface area (Å²) in [4.78, 5) is 22.8. The number of aromatic amines is 1. The molecular weight excluding hydrogens is 328 g/mol. The third-order valence-electron chi connectivity index (χ3n) is 5.23. The zero-order valence-corrected chi connectivity index (χ0v) is 15.2. The molecule has 2 N–H and O–H groups in total. The summed E-state index contributed by atoms with van der Waals surface area (Å²) in [6.45, 7) is 5.05. The second kappa shape index (κ2) is 7.60. The monoisotopic (exact) mass is 354 g/mol. The molecule has 4 rings (SSSR count). The van der Waals surface area contributed by atoms with Gasteiger partial charge < -0.3 is 19.9 Å². The minimum atomic E-state index is 0.0468. The molecule has 2 atom stereocenters. The number of amides is 1. The van der Waals surface area contributed by atoms with E-state index >= 15 is 0 Å². The Hall–Kier alpha value is -2.18. The summed E-state index contributed by atoms with van der Waals surface area (Å²) in [5.74, 6) is 1.07. The van der Waals surface area contributed by atoms with E-state index in [2.05, 4.69) is 46.5 Å². The molecule has 0 saturated carbocycles. The largest absolute Gasteiger partial charge is 0.378 e. The van der Waals surface area contributed by atoms with Gasteiger partial charge in [-0.1, -0.05) is 23.8 Å². The van der Waals surface area contributed by atoms with Gasteiger partial charge in [-0.25, -0.2) is 4.98 Å². The topological polar surface area (TPSA) is 70.2 Å². The van der Waals surface area contributed by atoms with Gasteiger partial charge in [-0.3, -0.25) is 4.79 Å². The number of nitrogens with one attached hydrogen (secondary N) is 2. The van der Waals surface area contributed by atoms with Gasteiger partial charge in [0.15, 0.2) is 0 Å². The number of benzene rings is 1. The third-order valence-corrected chi connectivity index (χ3v) is 5.23. The van der Waals surface area contributed by atoms with Crippen molar-refractivity contribution in [2.24, 2.45) is 0 Å². The first-order valence-corrected chi connectivity index (χ1v) is 9.43. The first-order chi connectivity index (χ1) is 12.7. The number of imidazole rings is 1. The molecule has 0 aliphatic carbocycles. The lowest BCUT2D eigenvalue weighted by atomic mass is 10.1. The molecule has 6 nitrogen and oxygen atoms in total. The molecule has 2 saturated heterocycles. The fourth-order valence-corrected chi connectivity index (χ4v) is 3.89. The van der Waals surface area contributed by atoms with Gasteiger partial charge in [0.1, 0.15) is 5.82 Å². The molecule has 2 unspecified atom stereocenters. The van der Waals surface area contributed by atoms with Gasteiger partial charge in [-0.15, -0.1) is 0 Å². The van der Waals surface area contributed by atoms with E-state index in [9.17, 15) is 4.79 Å². The van der Waals surface area contributed by atoms with Crippen molar-refractivity contribution >= 4 is 5.91 Å². The van der Waals surface area contributed by atoms with Crippen LogP contribution in [0.25, 0.3) is 11.3 Å². The molecule has 3 heterocycles. The molecule has 1 aromatic carbocycles. The van der Waals surface area contributed by atoms with Crippen molar-refractivity contribution in [3.63, 3.8) is 0 Å². The van der Waals surface area contributed by atoms with Crippen LogP contribution in [-0.4, -0.2) is 53.1 Å². The van der Waals surface area contributed by atoms with Crippen LogP contribution in [0, 0.1) is 6.92 Å². The summed E-state index contributed by atoms with van der Waals surface area (Å²) in [6, 6.07) is 8.53. The van der Waals surface area contributed by atoms with Crippen LogP contribution in [0.15, 0.2) is 30.5 Å². The molecule has 0 radical (unpaired) electrons. The van der Waals surface area contributed by atoms with Crippen molar-refractivity contribution in [3.05, 3.63) is 41.9 Å². The molecule has 138 valence electrons. The number of H-pyrrole nitrogens is 1. The van der Waals surface area contributed by atoms with E-state index in [1.165, 1.54) is 5.56 Å². The maximum Gasteiger partial charge on any atom is 0.224 e. The smallest absolute Gasteiger partial charge is 0.224 e. The van der Waals surface area contributed by atoms with E-state index in [4.69, 9.17) is 4.74 Å². The lowest BCUT2D eigenvalue weighted by Gasteiger charge is -2.28. The van der Waals surface area contributed by atoms with E-state index in [1.54, 1.807) is 0 Å². The summed E-state index contributed by atoms with van der Waals surface area (Å²) in [6.07, 6.45) is 4.34. The lowest BCUT2D eigenvalue weighted by Crippen LogP contribution is -2.45. The van der Waals surface area contributed by atoms with Crippen molar-refractivity contribution in [3.8, 4) is 11.3 Å². The molecule has 26 heavy (non-hydrogen) atoms. The average molecular weight is 354 g/mol. The Labute approximate surface area is 154 Å². The van der Waals surface area contributed by atoms with Gasteiger partial charge in [0, 0.05) is 25.6 Å². The highest BCUT2D eigenvalue weighted by molar-refractivity contribution is 5.77. The van der Waals surface area contributed by atoms with Crippen LogP contribution in [-0.2, 0) is 9.53 Å². The van der Waals surface area contributed by atoms with E-state index in [-0.39, 0.29) is 18.0 Å². The number of rotatable bonds is 4. The number of morpholine rings is 1. The Kier molecular flexibility index (Phi) is 5.04. The maximum atomic E-state index is 12.8. The van der Waals surface area contributed by atoms with Crippen LogP contribution in [0.5, 0.6) is 0 Å². The van der Waals surface area contributed by atoms with E-state index < -0.39 is 0 Å².